The minimum atomic E-state index is -3.50. The van der Waals surface area contributed by atoms with Crippen LogP contribution in [0.4, 0.5) is 5.69 Å². The normalized spacial score (nSPS) is 24.8. The summed E-state index contributed by atoms with van der Waals surface area (Å²) in [5, 5.41) is 2.83. The van der Waals surface area contributed by atoms with Gasteiger partial charge in [0.1, 0.15) is 0 Å². The molecule has 1 saturated heterocycles. The van der Waals surface area contributed by atoms with E-state index >= 15 is 0 Å². The van der Waals surface area contributed by atoms with Crippen molar-refractivity contribution in [3.63, 3.8) is 0 Å². The van der Waals surface area contributed by atoms with E-state index in [1.807, 2.05) is 0 Å². The summed E-state index contributed by atoms with van der Waals surface area (Å²) in [6.07, 6.45) is 1.22. The van der Waals surface area contributed by atoms with Gasteiger partial charge in [-0.3, -0.25) is 4.79 Å². The van der Waals surface area contributed by atoms with Crippen LogP contribution in [0.15, 0.2) is 29.2 Å². The number of carbonyl (C=O) groups is 1. The van der Waals surface area contributed by atoms with Crippen molar-refractivity contribution in [2.45, 2.75) is 25.2 Å². The maximum Gasteiger partial charge on any atom is 0.279 e. The lowest BCUT2D eigenvalue weighted by molar-refractivity contribution is -0.904. The molecule has 24 heavy (non-hydrogen) atoms. The Hall–Kier alpha value is -1.44. The Morgan fingerprint density at radius 3 is 2.46 bits per heavy atom. The number of hydrogen-bond acceptors (Lipinski definition) is 3. The number of nitrogens with zero attached hydrogens (tertiary/aromatic N) is 1. The fourth-order valence-electron chi connectivity index (χ4n) is 3.44. The number of rotatable bonds is 5. The lowest BCUT2D eigenvalue weighted by Gasteiger charge is -2.31. The number of benzene rings is 1. The third-order valence-corrected chi connectivity index (χ3v) is 6.20. The number of anilines is 1. The number of quaternary nitrogens is 1. The molecule has 0 aromatic heterocycles. The number of carbonyl (C=O) groups excluding carboxylic acids is 1. The molecular formula is C17H28N3O3S+. The van der Waals surface area contributed by atoms with Gasteiger partial charge in [-0.1, -0.05) is 19.9 Å². The third kappa shape index (κ3) is 4.78. The van der Waals surface area contributed by atoms with E-state index in [1.165, 1.54) is 37.5 Å². The maximum atomic E-state index is 12.3. The first-order valence-electron chi connectivity index (χ1n) is 8.34. The van der Waals surface area contributed by atoms with Gasteiger partial charge in [0.2, 0.25) is 10.0 Å². The van der Waals surface area contributed by atoms with Crippen LogP contribution in [0.2, 0.25) is 0 Å². The van der Waals surface area contributed by atoms with Crippen molar-refractivity contribution in [1.82, 2.24) is 4.31 Å². The lowest BCUT2D eigenvalue weighted by Crippen LogP contribution is -3.15. The lowest BCUT2D eigenvalue weighted by atomic mass is 9.92. The standard InChI is InChI=1S/C17H27N3O3S/c1-13-8-14(2)11-20(10-13)12-17(21)18-15-6-5-7-16(9-15)24(22,23)19(3)4/h5-7,9,13-14H,8,10-12H2,1-4H3,(H,18,21)/p+1/t13-,14-/m0/s1. The highest BCUT2D eigenvalue weighted by Gasteiger charge is 2.26. The molecule has 1 aliphatic heterocycles. The fraction of sp³-hybridized carbons (Fsp3) is 0.588. The molecule has 0 unspecified atom stereocenters. The zero-order valence-electron chi connectivity index (χ0n) is 14.9. The molecule has 0 bridgehead atoms. The summed E-state index contributed by atoms with van der Waals surface area (Å²) in [5.74, 6) is 1.18. The largest absolute Gasteiger partial charge is 0.327 e. The van der Waals surface area contributed by atoms with Gasteiger partial charge < -0.3 is 10.2 Å². The second-order valence-corrected chi connectivity index (χ2v) is 9.30. The topological polar surface area (TPSA) is 70.9 Å². The maximum absolute atomic E-state index is 12.3. The van der Waals surface area contributed by atoms with Crippen molar-refractivity contribution < 1.29 is 18.1 Å². The molecule has 0 spiro atoms. The number of hydrogen-bond donors (Lipinski definition) is 2. The van der Waals surface area contributed by atoms with Crippen molar-refractivity contribution in [2.24, 2.45) is 11.8 Å². The number of piperidine rings is 1. The van der Waals surface area contributed by atoms with Crippen LogP contribution in [0.5, 0.6) is 0 Å². The average molecular weight is 354 g/mol. The van der Waals surface area contributed by atoms with E-state index in [1.54, 1.807) is 12.1 Å². The van der Waals surface area contributed by atoms with Crippen molar-refractivity contribution in [3.8, 4) is 0 Å². The van der Waals surface area contributed by atoms with Gasteiger partial charge in [0.15, 0.2) is 6.54 Å². The summed E-state index contributed by atoms with van der Waals surface area (Å²) in [5.41, 5.74) is 0.514. The Balaban J connectivity index is 2.02. The first-order chi connectivity index (χ1) is 11.2. The van der Waals surface area contributed by atoms with Crippen LogP contribution in [0.25, 0.3) is 0 Å². The van der Waals surface area contributed by atoms with E-state index in [4.69, 9.17) is 0 Å². The fourth-order valence-corrected chi connectivity index (χ4v) is 4.39. The number of amides is 1. The smallest absolute Gasteiger partial charge is 0.279 e. The predicted octanol–water partition coefficient (Wildman–Crippen LogP) is 0.436. The summed E-state index contributed by atoms with van der Waals surface area (Å²) < 4.78 is 25.5. The molecule has 134 valence electrons. The molecule has 1 heterocycles. The molecule has 2 atom stereocenters. The van der Waals surface area contributed by atoms with E-state index in [0.717, 1.165) is 17.4 Å². The Morgan fingerprint density at radius 2 is 1.88 bits per heavy atom. The van der Waals surface area contributed by atoms with Crippen LogP contribution < -0.4 is 10.2 Å². The molecule has 7 heteroatoms. The second kappa shape index (κ2) is 7.63. The van der Waals surface area contributed by atoms with Crippen molar-refractivity contribution in [1.29, 1.82) is 0 Å². The molecule has 1 fully saturated rings. The van der Waals surface area contributed by atoms with Gasteiger partial charge in [-0.15, -0.1) is 0 Å². The zero-order valence-corrected chi connectivity index (χ0v) is 15.7. The van der Waals surface area contributed by atoms with Crippen LogP contribution in [-0.2, 0) is 14.8 Å². The summed E-state index contributed by atoms with van der Waals surface area (Å²) in [4.78, 5) is 13.8. The highest BCUT2D eigenvalue weighted by atomic mass is 32.2. The summed E-state index contributed by atoms with van der Waals surface area (Å²) in [7, 11) is -0.523. The molecular weight excluding hydrogens is 326 g/mol. The number of nitrogens with one attached hydrogen (secondary N) is 2. The molecule has 1 amide bonds. The van der Waals surface area contributed by atoms with Crippen LogP contribution >= 0.6 is 0 Å². The molecule has 1 aromatic carbocycles. The van der Waals surface area contributed by atoms with Gasteiger partial charge in [-0.2, -0.15) is 0 Å². The van der Waals surface area contributed by atoms with Gasteiger partial charge in [-0.05, 0) is 24.6 Å². The molecule has 0 aliphatic carbocycles. The molecule has 1 aromatic rings. The van der Waals surface area contributed by atoms with Crippen LogP contribution in [0.1, 0.15) is 20.3 Å². The third-order valence-electron chi connectivity index (χ3n) is 4.39. The SMILES string of the molecule is C[C@H]1C[C@H](C)C[NH+](CC(=O)Nc2cccc(S(=O)(=O)N(C)C)c2)C1. The monoisotopic (exact) mass is 354 g/mol. The molecule has 0 saturated carbocycles. The van der Waals surface area contributed by atoms with Crippen molar-refractivity contribution >= 4 is 21.6 Å². The first kappa shape index (κ1) is 18.9. The summed E-state index contributed by atoms with van der Waals surface area (Å²) in [6, 6.07) is 6.39. The van der Waals surface area contributed by atoms with Crippen LogP contribution in [0, 0.1) is 11.8 Å². The highest BCUT2D eigenvalue weighted by molar-refractivity contribution is 7.89. The summed E-state index contributed by atoms with van der Waals surface area (Å²) in [6.45, 7) is 6.88. The van der Waals surface area contributed by atoms with E-state index in [0.29, 0.717) is 24.1 Å². The zero-order chi connectivity index (χ0) is 17.9. The molecule has 6 nitrogen and oxygen atoms in total. The Bertz CT molecular complexity index is 678. The Kier molecular flexibility index (Phi) is 6.01. The van der Waals surface area contributed by atoms with Crippen molar-refractivity contribution in [3.05, 3.63) is 24.3 Å². The van der Waals surface area contributed by atoms with E-state index in [9.17, 15) is 13.2 Å². The Labute approximate surface area is 144 Å². The minimum absolute atomic E-state index is 0.0781. The summed E-state index contributed by atoms with van der Waals surface area (Å²) >= 11 is 0. The van der Waals surface area contributed by atoms with Crippen molar-refractivity contribution in [2.75, 3.05) is 39.0 Å². The molecule has 2 rings (SSSR count). The van der Waals surface area contributed by atoms with Gasteiger partial charge in [0.05, 0.1) is 18.0 Å². The van der Waals surface area contributed by atoms with Gasteiger partial charge in [0.25, 0.3) is 5.91 Å². The predicted molar refractivity (Wildman–Crippen MR) is 94.5 cm³/mol. The second-order valence-electron chi connectivity index (χ2n) is 7.14. The molecule has 1 aliphatic rings. The van der Waals surface area contributed by atoms with E-state index < -0.39 is 10.0 Å². The quantitative estimate of drug-likeness (QED) is 0.806. The van der Waals surface area contributed by atoms with E-state index in [-0.39, 0.29) is 10.8 Å². The number of sulfonamides is 1. The van der Waals surface area contributed by atoms with Gasteiger partial charge in [0, 0.05) is 31.6 Å². The number of likely N-dealkylation sites (tertiary alicyclic amines) is 1. The van der Waals surface area contributed by atoms with Gasteiger partial charge in [-0.25, -0.2) is 12.7 Å². The minimum Gasteiger partial charge on any atom is -0.327 e. The van der Waals surface area contributed by atoms with Crippen LogP contribution in [0.3, 0.4) is 0 Å². The van der Waals surface area contributed by atoms with E-state index in [2.05, 4.69) is 19.2 Å². The molecule has 0 radical (unpaired) electrons. The Morgan fingerprint density at radius 1 is 1.25 bits per heavy atom. The molecule has 2 N–H and O–H groups in total. The first-order valence-corrected chi connectivity index (χ1v) is 9.78. The highest BCUT2D eigenvalue weighted by Crippen LogP contribution is 2.18. The average Bonchev–Trinajstić information content (AvgIpc) is 2.45. The van der Waals surface area contributed by atoms with Gasteiger partial charge >= 0.3 is 0 Å². The van der Waals surface area contributed by atoms with Crippen LogP contribution in [-0.4, -0.2) is 52.4 Å².